The van der Waals surface area contributed by atoms with Gasteiger partial charge >= 0.3 is 21.1 Å². The maximum atomic E-state index is 8.36. The molecule has 0 heterocycles. The first-order chi connectivity index (χ1) is 4.84. The molecule has 0 N–H and O–H groups in total. The molecular formula is C9H5NW. The van der Waals surface area contributed by atoms with Crippen LogP contribution in [0.3, 0.4) is 0 Å². The van der Waals surface area contributed by atoms with E-state index in [-0.39, 0.29) is 26.6 Å². The third kappa shape index (κ3) is 2.70. The van der Waals surface area contributed by atoms with Crippen molar-refractivity contribution in [1.82, 2.24) is 0 Å². The van der Waals surface area contributed by atoms with Crippen LogP contribution in [0.2, 0.25) is 0 Å². The molecule has 1 aromatic carbocycles. The molecule has 0 aromatic heterocycles. The van der Waals surface area contributed by atoms with Crippen LogP contribution in [-0.4, -0.2) is 0 Å². The first-order valence-corrected chi connectivity index (χ1v) is 2.84. The van der Waals surface area contributed by atoms with Crippen molar-refractivity contribution < 1.29 is 21.1 Å². The molecule has 0 aliphatic heterocycles. The molecule has 1 rings (SSSR count). The van der Waals surface area contributed by atoms with Crippen LogP contribution in [0.15, 0.2) is 24.3 Å². The van der Waals surface area contributed by atoms with E-state index in [1.807, 2.05) is 18.2 Å². The van der Waals surface area contributed by atoms with Crippen molar-refractivity contribution in [1.29, 1.82) is 5.26 Å². The molecule has 0 radical (unpaired) electrons. The Hall–Kier alpha value is -0.862. The van der Waals surface area contributed by atoms with Crippen molar-refractivity contribution in [2.24, 2.45) is 0 Å². The van der Waals surface area contributed by atoms with E-state index >= 15 is 0 Å². The molecule has 0 fully saturated rings. The first-order valence-electron chi connectivity index (χ1n) is 2.84. The summed E-state index contributed by atoms with van der Waals surface area (Å²) < 4.78 is 0. The Labute approximate surface area is 80.6 Å². The minimum absolute atomic E-state index is 0. The number of allylic oxidation sites excluding steroid dienone is 1. The number of benzene rings is 1. The van der Waals surface area contributed by atoms with Crippen LogP contribution < -0.4 is 0 Å². The SMILES string of the molecule is [CH-]=C(C#N)c1[c-]cccc1.[W+2]. The van der Waals surface area contributed by atoms with Crippen LogP contribution in [-0.2, 0) is 21.1 Å². The molecule has 52 valence electrons. The second kappa shape index (κ2) is 4.88. The summed E-state index contributed by atoms with van der Waals surface area (Å²) in [5.74, 6) is 0. The molecule has 1 nitrogen and oxygen atoms in total. The zero-order valence-corrected chi connectivity index (χ0v) is 8.68. The summed E-state index contributed by atoms with van der Waals surface area (Å²) >= 11 is 0. The van der Waals surface area contributed by atoms with Crippen molar-refractivity contribution in [3.05, 3.63) is 42.5 Å². The molecule has 0 amide bonds. The van der Waals surface area contributed by atoms with Gasteiger partial charge in [0.1, 0.15) is 0 Å². The van der Waals surface area contributed by atoms with Crippen LogP contribution in [0.1, 0.15) is 5.56 Å². The van der Waals surface area contributed by atoms with Gasteiger partial charge in [0.2, 0.25) is 0 Å². The number of nitrogens with zero attached hydrogens (tertiary/aromatic N) is 1. The molecule has 0 saturated carbocycles. The summed E-state index contributed by atoms with van der Waals surface area (Å²) in [6.45, 7) is 5.32. The van der Waals surface area contributed by atoms with E-state index in [1.165, 1.54) is 0 Å². The van der Waals surface area contributed by atoms with Crippen LogP contribution in [0.4, 0.5) is 0 Å². The van der Waals surface area contributed by atoms with Gasteiger partial charge in [0, 0.05) is 0 Å². The quantitative estimate of drug-likeness (QED) is 0.573. The largest absolute Gasteiger partial charge is 2.00 e. The van der Waals surface area contributed by atoms with Crippen LogP contribution in [0.5, 0.6) is 0 Å². The molecule has 0 bridgehead atoms. The Balaban J connectivity index is 0.000001000. The van der Waals surface area contributed by atoms with E-state index < -0.39 is 0 Å². The second-order valence-electron chi connectivity index (χ2n) is 1.80. The van der Waals surface area contributed by atoms with Gasteiger partial charge in [0.05, 0.1) is 0 Å². The maximum absolute atomic E-state index is 8.36. The monoisotopic (exact) mass is 311 g/mol. The van der Waals surface area contributed by atoms with Crippen molar-refractivity contribution in [3.8, 4) is 6.07 Å². The molecule has 11 heavy (non-hydrogen) atoms. The molecule has 2 heteroatoms. The summed E-state index contributed by atoms with van der Waals surface area (Å²) in [4.78, 5) is 0. The molecule has 0 spiro atoms. The number of hydrogen-bond donors (Lipinski definition) is 0. The molecule has 0 saturated heterocycles. The fraction of sp³-hybridized carbons (Fsp3) is 0. The Kier molecular flexibility index (Phi) is 4.50. The maximum Gasteiger partial charge on any atom is 2.00 e. The Morgan fingerprint density at radius 3 is 2.73 bits per heavy atom. The fourth-order valence-electron chi connectivity index (χ4n) is 0.621. The molecule has 1 aromatic rings. The molecular weight excluding hydrogens is 306 g/mol. The Morgan fingerprint density at radius 2 is 2.27 bits per heavy atom. The molecule has 0 aliphatic rings. The van der Waals surface area contributed by atoms with Crippen LogP contribution in [0.25, 0.3) is 5.57 Å². The van der Waals surface area contributed by atoms with E-state index in [4.69, 9.17) is 11.8 Å². The van der Waals surface area contributed by atoms with E-state index in [0.717, 1.165) is 0 Å². The van der Waals surface area contributed by atoms with Gasteiger partial charge in [-0.05, 0) is 0 Å². The van der Waals surface area contributed by atoms with Crippen LogP contribution in [0, 0.1) is 24.0 Å². The molecule has 0 aliphatic carbocycles. The number of hydrogen-bond acceptors (Lipinski definition) is 1. The summed E-state index contributed by atoms with van der Waals surface area (Å²) in [6, 6.07) is 11.8. The van der Waals surface area contributed by atoms with Gasteiger partial charge in [-0.2, -0.15) is 18.2 Å². The van der Waals surface area contributed by atoms with Gasteiger partial charge < -0.3 is 0 Å². The average Bonchev–Trinajstić information content (AvgIpc) is 2.05. The minimum atomic E-state index is 0. The van der Waals surface area contributed by atoms with Crippen molar-refractivity contribution in [3.63, 3.8) is 0 Å². The predicted molar refractivity (Wildman–Crippen MR) is 38.6 cm³/mol. The minimum Gasteiger partial charge on any atom is -0.296 e. The first kappa shape index (κ1) is 10.1. The second-order valence-corrected chi connectivity index (χ2v) is 1.80. The molecule has 0 unspecified atom stereocenters. The van der Waals surface area contributed by atoms with Gasteiger partial charge in [0.15, 0.2) is 0 Å². The number of nitriles is 1. The predicted octanol–water partition coefficient (Wildman–Crippen LogP) is 1.82. The van der Waals surface area contributed by atoms with E-state index in [9.17, 15) is 0 Å². The van der Waals surface area contributed by atoms with E-state index in [1.54, 1.807) is 12.1 Å². The van der Waals surface area contributed by atoms with Gasteiger partial charge in [-0.15, -0.1) is 12.1 Å². The van der Waals surface area contributed by atoms with Gasteiger partial charge in [0.25, 0.3) is 0 Å². The summed E-state index contributed by atoms with van der Waals surface area (Å²) in [6.07, 6.45) is 0. The summed E-state index contributed by atoms with van der Waals surface area (Å²) in [5.41, 5.74) is 0.866. The standard InChI is InChI=1S/C9H5N.W/c1-8(7-10)9-5-3-2-4-6-9;/h1-5H;/q-2;+2. The zero-order chi connectivity index (χ0) is 7.40. The summed E-state index contributed by atoms with van der Waals surface area (Å²) in [7, 11) is 0. The van der Waals surface area contributed by atoms with Crippen molar-refractivity contribution in [2.45, 2.75) is 0 Å². The normalized spacial score (nSPS) is 7.55. The zero-order valence-electron chi connectivity index (χ0n) is 5.74. The van der Waals surface area contributed by atoms with E-state index in [0.29, 0.717) is 5.56 Å². The number of rotatable bonds is 1. The summed E-state index contributed by atoms with van der Waals surface area (Å²) in [5, 5.41) is 8.36. The molecule has 0 atom stereocenters. The van der Waals surface area contributed by atoms with Crippen molar-refractivity contribution >= 4 is 5.57 Å². The topological polar surface area (TPSA) is 23.8 Å². The van der Waals surface area contributed by atoms with Gasteiger partial charge in [-0.1, -0.05) is 0 Å². The average molecular weight is 311 g/mol. The third-order valence-electron chi connectivity index (χ3n) is 1.12. The Bertz CT molecular complexity index is 271. The van der Waals surface area contributed by atoms with Crippen molar-refractivity contribution in [2.75, 3.05) is 0 Å². The van der Waals surface area contributed by atoms with Gasteiger partial charge in [-0.25, -0.2) is 17.2 Å². The fourth-order valence-corrected chi connectivity index (χ4v) is 0.621. The van der Waals surface area contributed by atoms with Crippen LogP contribution >= 0.6 is 0 Å². The smallest absolute Gasteiger partial charge is 0.296 e. The van der Waals surface area contributed by atoms with E-state index in [2.05, 4.69) is 6.07 Å². The third-order valence-corrected chi connectivity index (χ3v) is 1.12. The van der Waals surface area contributed by atoms with Gasteiger partial charge in [-0.3, -0.25) is 11.8 Å². The Morgan fingerprint density at radius 1 is 1.55 bits per heavy atom.